The third-order valence-corrected chi connectivity index (χ3v) is 3.39. The average molecular weight is 335 g/mol. The number of methoxy groups -OCH3 is 1. The minimum absolute atomic E-state index is 0. The van der Waals surface area contributed by atoms with Gasteiger partial charge < -0.3 is 24.8 Å². The van der Waals surface area contributed by atoms with Gasteiger partial charge in [-0.2, -0.15) is 0 Å². The summed E-state index contributed by atoms with van der Waals surface area (Å²) in [6, 6.07) is 4.49. The molecule has 22 heavy (non-hydrogen) atoms. The van der Waals surface area contributed by atoms with Crippen LogP contribution in [0.4, 0.5) is 9.18 Å². The normalized spacial score (nSPS) is 17.5. The molecule has 124 valence electrons. The van der Waals surface area contributed by atoms with Crippen LogP contribution in [0.3, 0.4) is 0 Å². The number of ether oxygens (including phenoxy) is 2. The highest BCUT2D eigenvalue weighted by Crippen LogP contribution is 2.29. The predicted molar refractivity (Wildman–Crippen MR) is 81.7 cm³/mol. The number of amides is 1. The van der Waals surface area contributed by atoms with Crippen LogP contribution in [0.5, 0.6) is 11.5 Å². The standard InChI is InChI=1S/C14H19FN2O4.ClH/c1-20-12-4-2-3-11(15)13(12)21-8-5-10-9-17(14(18)19)7-6-16-10;/h2-4,10,16H,5-9H2,1H3,(H,18,19);1H/t10-;/m1./s1. The summed E-state index contributed by atoms with van der Waals surface area (Å²) in [4.78, 5) is 12.3. The van der Waals surface area contributed by atoms with Gasteiger partial charge in [-0.3, -0.25) is 0 Å². The second-order valence-electron chi connectivity index (χ2n) is 4.79. The number of hydrogen-bond acceptors (Lipinski definition) is 4. The van der Waals surface area contributed by atoms with Crippen molar-refractivity contribution in [2.45, 2.75) is 12.5 Å². The maximum absolute atomic E-state index is 13.7. The van der Waals surface area contributed by atoms with Crippen LogP contribution in [0.25, 0.3) is 0 Å². The van der Waals surface area contributed by atoms with E-state index in [2.05, 4.69) is 5.32 Å². The minimum Gasteiger partial charge on any atom is -0.493 e. The van der Waals surface area contributed by atoms with E-state index in [1.807, 2.05) is 0 Å². The quantitative estimate of drug-likeness (QED) is 0.861. The van der Waals surface area contributed by atoms with Gasteiger partial charge >= 0.3 is 6.09 Å². The molecule has 1 heterocycles. The molecule has 0 radical (unpaired) electrons. The van der Waals surface area contributed by atoms with E-state index in [0.717, 1.165) is 0 Å². The van der Waals surface area contributed by atoms with Gasteiger partial charge in [0, 0.05) is 25.7 Å². The molecule has 1 atom stereocenters. The van der Waals surface area contributed by atoms with Crippen LogP contribution in [-0.2, 0) is 0 Å². The summed E-state index contributed by atoms with van der Waals surface area (Å²) in [5.74, 6) is -0.0391. The van der Waals surface area contributed by atoms with Crippen LogP contribution in [-0.4, -0.2) is 55.5 Å². The Morgan fingerprint density at radius 2 is 2.32 bits per heavy atom. The zero-order valence-corrected chi connectivity index (χ0v) is 13.1. The van der Waals surface area contributed by atoms with Gasteiger partial charge in [-0.15, -0.1) is 12.4 Å². The molecule has 0 spiro atoms. The number of para-hydroxylation sites is 1. The number of nitrogens with zero attached hydrogens (tertiary/aromatic N) is 1. The van der Waals surface area contributed by atoms with Crippen molar-refractivity contribution in [2.75, 3.05) is 33.4 Å². The average Bonchev–Trinajstić information content (AvgIpc) is 2.49. The molecule has 1 aromatic rings. The zero-order valence-electron chi connectivity index (χ0n) is 12.3. The maximum Gasteiger partial charge on any atom is 0.407 e. The molecule has 0 bridgehead atoms. The first-order valence-corrected chi connectivity index (χ1v) is 6.78. The number of benzene rings is 1. The number of carbonyl (C=O) groups is 1. The molecule has 2 N–H and O–H groups in total. The topological polar surface area (TPSA) is 71.0 Å². The number of halogens is 2. The SMILES string of the molecule is COc1cccc(F)c1OCC[C@@H]1CN(C(=O)O)CCN1.Cl. The summed E-state index contributed by atoms with van der Waals surface area (Å²) in [6.45, 7) is 1.78. The number of hydrogen-bond donors (Lipinski definition) is 2. The number of nitrogens with one attached hydrogen (secondary N) is 1. The molecule has 1 aliphatic rings. The Morgan fingerprint density at radius 1 is 1.55 bits per heavy atom. The third kappa shape index (κ3) is 4.64. The van der Waals surface area contributed by atoms with Gasteiger partial charge in [0.1, 0.15) is 0 Å². The number of rotatable bonds is 5. The second kappa shape index (κ2) is 8.65. The smallest absolute Gasteiger partial charge is 0.407 e. The molecule has 1 fully saturated rings. The van der Waals surface area contributed by atoms with E-state index in [1.165, 1.54) is 18.1 Å². The van der Waals surface area contributed by atoms with Gasteiger partial charge in [-0.1, -0.05) is 6.07 Å². The van der Waals surface area contributed by atoms with Gasteiger partial charge in [-0.05, 0) is 18.6 Å². The molecular weight excluding hydrogens is 315 g/mol. The van der Waals surface area contributed by atoms with Crippen molar-refractivity contribution < 1.29 is 23.8 Å². The van der Waals surface area contributed by atoms with Gasteiger partial charge in [0.05, 0.1) is 13.7 Å². The van der Waals surface area contributed by atoms with Gasteiger partial charge in [0.25, 0.3) is 0 Å². The predicted octanol–water partition coefficient (Wildman–Crippen LogP) is 1.98. The fourth-order valence-corrected chi connectivity index (χ4v) is 2.29. The van der Waals surface area contributed by atoms with Crippen molar-refractivity contribution in [3.63, 3.8) is 0 Å². The molecule has 8 heteroatoms. The van der Waals surface area contributed by atoms with Crippen LogP contribution in [0, 0.1) is 5.82 Å². The summed E-state index contributed by atoms with van der Waals surface area (Å²) in [6.07, 6.45) is -0.334. The lowest BCUT2D eigenvalue weighted by Crippen LogP contribution is -2.52. The van der Waals surface area contributed by atoms with Crippen LogP contribution in [0.15, 0.2) is 18.2 Å². The molecule has 0 aliphatic carbocycles. The van der Waals surface area contributed by atoms with E-state index in [0.29, 0.717) is 31.8 Å². The zero-order chi connectivity index (χ0) is 15.2. The van der Waals surface area contributed by atoms with Crippen LogP contribution in [0.2, 0.25) is 0 Å². The summed E-state index contributed by atoms with van der Waals surface area (Å²) < 4.78 is 24.2. The molecule has 1 amide bonds. The van der Waals surface area contributed by atoms with Gasteiger partial charge in [0.15, 0.2) is 17.3 Å². The number of carboxylic acid groups (broad SMARTS) is 1. The molecular formula is C14H20ClFN2O4. The first kappa shape index (κ1) is 18.3. The fraction of sp³-hybridized carbons (Fsp3) is 0.500. The third-order valence-electron chi connectivity index (χ3n) is 3.39. The Bertz CT molecular complexity index is 504. The van der Waals surface area contributed by atoms with Crippen molar-refractivity contribution >= 4 is 18.5 Å². The molecule has 1 aliphatic heterocycles. The van der Waals surface area contributed by atoms with E-state index in [9.17, 15) is 9.18 Å². The highest BCUT2D eigenvalue weighted by molar-refractivity contribution is 5.85. The van der Waals surface area contributed by atoms with E-state index >= 15 is 0 Å². The Balaban J connectivity index is 0.00000242. The lowest BCUT2D eigenvalue weighted by atomic mass is 10.1. The highest BCUT2D eigenvalue weighted by Gasteiger charge is 2.22. The molecule has 6 nitrogen and oxygen atoms in total. The van der Waals surface area contributed by atoms with Crippen molar-refractivity contribution in [1.82, 2.24) is 10.2 Å². The van der Waals surface area contributed by atoms with Crippen molar-refractivity contribution in [3.8, 4) is 11.5 Å². The molecule has 0 saturated carbocycles. The van der Waals surface area contributed by atoms with E-state index < -0.39 is 11.9 Å². The van der Waals surface area contributed by atoms with E-state index in [4.69, 9.17) is 14.6 Å². The first-order chi connectivity index (χ1) is 10.1. The molecule has 1 aromatic carbocycles. The minimum atomic E-state index is -0.918. The van der Waals surface area contributed by atoms with Gasteiger partial charge in [0.2, 0.25) is 0 Å². The first-order valence-electron chi connectivity index (χ1n) is 6.78. The fourth-order valence-electron chi connectivity index (χ4n) is 2.29. The molecule has 1 saturated heterocycles. The van der Waals surface area contributed by atoms with Crippen molar-refractivity contribution in [1.29, 1.82) is 0 Å². The van der Waals surface area contributed by atoms with Crippen LogP contribution >= 0.6 is 12.4 Å². The number of piperazine rings is 1. The van der Waals surface area contributed by atoms with Crippen LogP contribution in [0.1, 0.15) is 6.42 Å². The maximum atomic E-state index is 13.7. The summed E-state index contributed by atoms with van der Waals surface area (Å²) in [5.41, 5.74) is 0. The van der Waals surface area contributed by atoms with Crippen molar-refractivity contribution in [3.05, 3.63) is 24.0 Å². The van der Waals surface area contributed by atoms with E-state index in [-0.39, 0.29) is 30.8 Å². The van der Waals surface area contributed by atoms with Crippen LogP contribution < -0.4 is 14.8 Å². The highest BCUT2D eigenvalue weighted by atomic mass is 35.5. The Kier molecular flexibility index (Phi) is 7.20. The molecule has 2 rings (SSSR count). The van der Waals surface area contributed by atoms with Gasteiger partial charge in [-0.25, -0.2) is 9.18 Å². The summed E-state index contributed by atoms with van der Waals surface area (Å²) in [7, 11) is 1.45. The summed E-state index contributed by atoms with van der Waals surface area (Å²) >= 11 is 0. The lowest BCUT2D eigenvalue weighted by molar-refractivity contribution is 0.124. The van der Waals surface area contributed by atoms with E-state index in [1.54, 1.807) is 12.1 Å². The Hall–Kier alpha value is -1.73. The lowest BCUT2D eigenvalue weighted by Gasteiger charge is -2.31. The Labute approximate surface area is 134 Å². The summed E-state index contributed by atoms with van der Waals surface area (Å²) in [5, 5.41) is 12.2. The monoisotopic (exact) mass is 334 g/mol. The Morgan fingerprint density at radius 3 is 3.00 bits per heavy atom. The molecule has 0 unspecified atom stereocenters. The largest absolute Gasteiger partial charge is 0.493 e. The molecule has 0 aromatic heterocycles. The second-order valence-corrected chi connectivity index (χ2v) is 4.79. The van der Waals surface area contributed by atoms with Crippen molar-refractivity contribution in [2.24, 2.45) is 0 Å².